The van der Waals surface area contributed by atoms with Crippen molar-refractivity contribution >= 4 is 32.4 Å². The van der Waals surface area contributed by atoms with Gasteiger partial charge in [-0.25, -0.2) is 17.7 Å². The van der Waals surface area contributed by atoms with Gasteiger partial charge >= 0.3 is 0 Å². The molecule has 1 fully saturated rings. The van der Waals surface area contributed by atoms with E-state index in [9.17, 15) is 13.2 Å². The third kappa shape index (κ3) is 3.31. The van der Waals surface area contributed by atoms with Gasteiger partial charge < -0.3 is 0 Å². The minimum Gasteiger partial charge on any atom is -0.291 e. The molecule has 106 valence electrons. The van der Waals surface area contributed by atoms with Crippen LogP contribution >= 0.6 is 11.3 Å². The highest BCUT2D eigenvalue weighted by Gasteiger charge is 2.31. The van der Waals surface area contributed by atoms with E-state index in [0.717, 1.165) is 0 Å². The fourth-order valence-electron chi connectivity index (χ4n) is 2.18. The van der Waals surface area contributed by atoms with Gasteiger partial charge in [0, 0.05) is 37.6 Å². The van der Waals surface area contributed by atoms with Crippen molar-refractivity contribution in [2.75, 3.05) is 31.3 Å². The van der Waals surface area contributed by atoms with Crippen LogP contribution in [0.5, 0.6) is 0 Å². The van der Waals surface area contributed by atoms with Gasteiger partial charge in [0.1, 0.15) is 0 Å². The molecular formula is C11H17N3O3S2. The second-order valence-corrected chi connectivity index (χ2v) is 7.50. The fraction of sp³-hybridized carbons (Fsp3) is 0.636. The molecule has 0 saturated carbocycles. The number of carbonyl (C=O) groups excluding carboxylic acids is 1. The third-order valence-corrected chi connectivity index (χ3v) is 5.46. The summed E-state index contributed by atoms with van der Waals surface area (Å²) in [5, 5.41) is 2.50. The number of piperidine rings is 1. The molecule has 19 heavy (non-hydrogen) atoms. The molecule has 1 aliphatic heterocycles. The summed E-state index contributed by atoms with van der Waals surface area (Å²) in [6, 6.07) is 0. The molecule has 1 saturated heterocycles. The van der Waals surface area contributed by atoms with E-state index in [1.807, 2.05) is 5.38 Å². The van der Waals surface area contributed by atoms with E-state index in [4.69, 9.17) is 0 Å². The monoisotopic (exact) mass is 303 g/mol. The molecule has 6 nitrogen and oxygen atoms in total. The van der Waals surface area contributed by atoms with E-state index in [2.05, 4.69) is 4.98 Å². The second-order valence-electron chi connectivity index (χ2n) is 4.65. The SMILES string of the molecule is CN(C(=O)C1CCN(S(C)(=O)=O)CC1)c1nccs1. The lowest BCUT2D eigenvalue weighted by atomic mass is 9.97. The lowest BCUT2D eigenvalue weighted by Crippen LogP contribution is -2.43. The summed E-state index contributed by atoms with van der Waals surface area (Å²) in [6.07, 6.45) is 4.01. The maximum Gasteiger partial charge on any atom is 0.231 e. The number of hydrogen-bond donors (Lipinski definition) is 0. The first-order valence-corrected chi connectivity index (χ1v) is 8.74. The minimum absolute atomic E-state index is 0.0168. The average Bonchev–Trinajstić information content (AvgIpc) is 2.90. The Balaban J connectivity index is 1.96. The van der Waals surface area contributed by atoms with Gasteiger partial charge in [-0.1, -0.05) is 0 Å². The summed E-state index contributed by atoms with van der Waals surface area (Å²) >= 11 is 1.42. The van der Waals surface area contributed by atoms with Crippen molar-refractivity contribution < 1.29 is 13.2 Å². The first-order valence-electron chi connectivity index (χ1n) is 6.02. The lowest BCUT2D eigenvalue weighted by molar-refractivity contribution is -0.123. The standard InChI is InChI=1S/C11H17N3O3S2/c1-13(11-12-5-8-18-11)10(15)9-3-6-14(7-4-9)19(2,16)17/h5,8-9H,3-4,6-7H2,1-2H3. The summed E-state index contributed by atoms with van der Waals surface area (Å²) in [4.78, 5) is 17.9. The van der Waals surface area contributed by atoms with Crippen molar-refractivity contribution in [3.8, 4) is 0 Å². The molecule has 0 N–H and O–H groups in total. The topological polar surface area (TPSA) is 70.6 Å². The van der Waals surface area contributed by atoms with Gasteiger partial charge in [-0.2, -0.15) is 0 Å². The van der Waals surface area contributed by atoms with E-state index in [1.165, 1.54) is 21.9 Å². The van der Waals surface area contributed by atoms with Gasteiger partial charge in [-0.15, -0.1) is 11.3 Å². The quantitative estimate of drug-likeness (QED) is 0.827. The van der Waals surface area contributed by atoms with E-state index >= 15 is 0 Å². The van der Waals surface area contributed by atoms with Gasteiger partial charge in [0.15, 0.2) is 5.13 Å². The van der Waals surface area contributed by atoms with Crippen LogP contribution in [-0.4, -0.2) is 50.0 Å². The van der Waals surface area contributed by atoms with Gasteiger partial charge in [0.25, 0.3) is 0 Å². The summed E-state index contributed by atoms with van der Waals surface area (Å²) in [5.74, 6) is -0.102. The number of carbonyl (C=O) groups is 1. The van der Waals surface area contributed by atoms with E-state index in [0.29, 0.717) is 31.1 Å². The molecule has 2 heterocycles. The van der Waals surface area contributed by atoms with E-state index < -0.39 is 10.0 Å². The summed E-state index contributed by atoms with van der Waals surface area (Å²) in [7, 11) is -1.43. The molecule has 0 radical (unpaired) electrons. The van der Waals surface area contributed by atoms with E-state index in [-0.39, 0.29) is 11.8 Å². The second kappa shape index (κ2) is 5.56. The maximum absolute atomic E-state index is 12.3. The van der Waals surface area contributed by atoms with Crippen LogP contribution in [0.2, 0.25) is 0 Å². The maximum atomic E-state index is 12.3. The molecule has 0 atom stereocenters. The number of sulfonamides is 1. The van der Waals surface area contributed by atoms with Crippen LogP contribution < -0.4 is 4.90 Å². The van der Waals surface area contributed by atoms with Crippen molar-refractivity contribution in [2.45, 2.75) is 12.8 Å². The molecule has 0 aromatic carbocycles. The number of thiazole rings is 1. The molecule has 8 heteroatoms. The number of anilines is 1. The molecular weight excluding hydrogens is 286 g/mol. The van der Waals surface area contributed by atoms with Crippen molar-refractivity contribution in [1.29, 1.82) is 0 Å². The van der Waals surface area contributed by atoms with Crippen LogP contribution in [-0.2, 0) is 14.8 Å². The van der Waals surface area contributed by atoms with E-state index in [1.54, 1.807) is 18.1 Å². The van der Waals surface area contributed by atoms with Gasteiger partial charge in [-0.3, -0.25) is 9.69 Å². The zero-order valence-electron chi connectivity index (χ0n) is 10.9. The molecule has 1 aromatic heterocycles. The first-order chi connectivity index (χ1) is 8.89. The van der Waals surface area contributed by atoms with Crippen LogP contribution in [0.4, 0.5) is 5.13 Å². The van der Waals surface area contributed by atoms with Crippen molar-refractivity contribution in [1.82, 2.24) is 9.29 Å². The molecule has 0 bridgehead atoms. The normalized spacial score (nSPS) is 18.4. The largest absolute Gasteiger partial charge is 0.291 e. The highest BCUT2D eigenvalue weighted by molar-refractivity contribution is 7.88. The van der Waals surface area contributed by atoms with Crippen LogP contribution in [0.3, 0.4) is 0 Å². The average molecular weight is 303 g/mol. The van der Waals surface area contributed by atoms with Crippen molar-refractivity contribution in [2.24, 2.45) is 5.92 Å². The fourth-order valence-corrected chi connectivity index (χ4v) is 3.67. The van der Waals surface area contributed by atoms with Crippen LogP contribution in [0.15, 0.2) is 11.6 Å². The van der Waals surface area contributed by atoms with Gasteiger partial charge in [-0.05, 0) is 12.8 Å². The number of rotatable bonds is 3. The van der Waals surface area contributed by atoms with Gasteiger partial charge in [0.05, 0.1) is 6.26 Å². The van der Waals surface area contributed by atoms with Crippen LogP contribution in [0.25, 0.3) is 0 Å². The molecule has 1 aliphatic rings. The summed E-state index contributed by atoms with van der Waals surface area (Å²) in [6.45, 7) is 0.835. The molecule has 2 rings (SSSR count). The molecule has 0 spiro atoms. The lowest BCUT2D eigenvalue weighted by Gasteiger charge is -2.31. The Kier molecular flexibility index (Phi) is 4.22. The number of amides is 1. The first kappa shape index (κ1) is 14.4. The highest BCUT2D eigenvalue weighted by Crippen LogP contribution is 2.24. The van der Waals surface area contributed by atoms with Gasteiger partial charge in [0.2, 0.25) is 15.9 Å². The number of hydrogen-bond acceptors (Lipinski definition) is 5. The molecule has 1 aromatic rings. The third-order valence-electron chi connectivity index (χ3n) is 3.31. The minimum atomic E-state index is -3.14. The smallest absolute Gasteiger partial charge is 0.231 e. The zero-order valence-corrected chi connectivity index (χ0v) is 12.6. The predicted octanol–water partition coefficient (Wildman–Crippen LogP) is 0.778. The number of nitrogens with zero attached hydrogens (tertiary/aromatic N) is 3. The Hall–Kier alpha value is -0.990. The Labute approximate surface area is 117 Å². The van der Waals surface area contributed by atoms with Crippen LogP contribution in [0.1, 0.15) is 12.8 Å². The molecule has 0 aliphatic carbocycles. The highest BCUT2D eigenvalue weighted by atomic mass is 32.2. The Bertz CT molecular complexity index is 534. The Morgan fingerprint density at radius 2 is 2.11 bits per heavy atom. The Morgan fingerprint density at radius 3 is 2.58 bits per heavy atom. The summed E-state index contributed by atoms with van der Waals surface area (Å²) < 4.78 is 24.2. The molecule has 0 unspecified atom stereocenters. The predicted molar refractivity (Wildman–Crippen MR) is 74.7 cm³/mol. The number of aromatic nitrogens is 1. The van der Waals surface area contributed by atoms with Crippen molar-refractivity contribution in [3.05, 3.63) is 11.6 Å². The Morgan fingerprint density at radius 1 is 1.47 bits per heavy atom. The van der Waals surface area contributed by atoms with Crippen molar-refractivity contribution in [3.63, 3.8) is 0 Å². The molecule has 1 amide bonds. The van der Waals surface area contributed by atoms with Crippen LogP contribution in [0, 0.1) is 5.92 Å². The summed E-state index contributed by atoms with van der Waals surface area (Å²) in [5.41, 5.74) is 0. The zero-order chi connectivity index (χ0) is 14.0.